The zero-order chi connectivity index (χ0) is 14.5. The van der Waals surface area contributed by atoms with Crippen LogP contribution in [0.3, 0.4) is 0 Å². The zero-order valence-corrected chi connectivity index (χ0v) is 11.5. The SMILES string of the molecule is Cc1occc1-c1cc(N(CCO)CCO)ccc1N. The molecule has 0 bridgehead atoms. The monoisotopic (exact) mass is 276 g/mol. The van der Waals surface area contributed by atoms with E-state index in [9.17, 15) is 0 Å². The molecule has 0 radical (unpaired) electrons. The predicted octanol–water partition coefficient (Wildman–Crippen LogP) is 1.63. The van der Waals surface area contributed by atoms with E-state index < -0.39 is 0 Å². The maximum absolute atomic E-state index is 9.11. The fourth-order valence-corrected chi connectivity index (χ4v) is 2.25. The van der Waals surface area contributed by atoms with E-state index in [1.807, 2.05) is 36.1 Å². The minimum Gasteiger partial charge on any atom is -0.469 e. The second-order valence-electron chi connectivity index (χ2n) is 4.60. The molecule has 0 amide bonds. The molecule has 0 fully saturated rings. The van der Waals surface area contributed by atoms with E-state index in [1.54, 1.807) is 6.26 Å². The molecule has 1 aromatic heterocycles. The van der Waals surface area contributed by atoms with E-state index in [-0.39, 0.29) is 13.2 Å². The Balaban J connectivity index is 2.39. The number of aliphatic hydroxyl groups is 2. The first-order valence-corrected chi connectivity index (χ1v) is 6.58. The molecule has 0 atom stereocenters. The molecule has 0 unspecified atom stereocenters. The van der Waals surface area contributed by atoms with Gasteiger partial charge in [0.25, 0.3) is 0 Å². The molecule has 20 heavy (non-hydrogen) atoms. The highest BCUT2D eigenvalue weighted by atomic mass is 16.3. The van der Waals surface area contributed by atoms with Gasteiger partial charge in [-0.2, -0.15) is 0 Å². The second kappa shape index (κ2) is 6.45. The molecule has 2 aromatic rings. The van der Waals surface area contributed by atoms with Gasteiger partial charge in [0.1, 0.15) is 5.76 Å². The zero-order valence-electron chi connectivity index (χ0n) is 11.5. The molecule has 108 valence electrons. The number of hydrogen-bond donors (Lipinski definition) is 3. The fraction of sp³-hybridized carbons (Fsp3) is 0.333. The number of nitrogen functional groups attached to an aromatic ring is 1. The van der Waals surface area contributed by atoms with E-state index in [2.05, 4.69) is 0 Å². The molecular weight excluding hydrogens is 256 g/mol. The van der Waals surface area contributed by atoms with Gasteiger partial charge in [0, 0.05) is 35.6 Å². The molecule has 0 saturated carbocycles. The van der Waals surface area contributed by atoms with Crippen molar-refractivity contribution in [2.24, 2.45) is 0 Å². The van der Waals surface area contributed by atoms with Crippen molar-refractivity contribution < 1.29 is 14.6 Å². The number of nitrogens with two attached hydrogens (primary N) is 1. The van der Waals surface area contributed by atoms with Crippen molar-refractivity contribution in [1.82, 2.24) is 0 Å². The second-order valence-corrected chi connectivity index (χ2v) is 4.60. The molecule has 5 heteroatoms. The van der Waals surface area contributed by atoms with E-state index in [0.29, 0.717) is 18.8 Å². The highest BCUT2D eigenvalue weighted by molar-refractivity contribution is 5.80. The Kier molecular flexibility index (Phi) is 4.65. The fourth-order valence-electron chi connectivity index (χ4n) is 2.25. The Morgan fingerprint density at radius 1 is 1.10 bits per heavy atom. The summed E-state index contributed by atoms with van der Waals surface area (Å²) in [5.74, 6) is 0.810. The number of hydrogen-bond acceptors (Lipinski definition) is 5. The number of anilines is 2. The average molecular weight is 276 g/mol. The van der Waals surface area contributed by atoms with Gasteiger partial charge in [-0.1, -0.05) is 0 Å². The van der Waals surface area contributed by atoms with Crippen LogP contribution in [0.1, 0.15) is 5.76 Å². The van der Waals surface area contributed by atoms with E-state index >= 15 is 0 Å². The quantitative estimate of drug-likeness (QED) is 0.698. The van der Waals surface area contributed by atoms with Crippen LogP contribution in [0.4, 0.5) is 11.4 Å². The summed E-state index contributed by atoms with van der Waals surface area (Å²) in [7, 11) is 0. The third-order valence-electron chi connectivity index (χ3n) is 3.29. The van der Waals surface area contributed by atoms with Crippen LogP contribution in [0.25, 0.3) is 11.1 Å². The first-order chi connectivity index (χ1) is 9.67. The molecule has 4 N–H and O–H groups in total. The van der Waals surface area contributed by atoms with Crippen LogP contribution in [-0.2, 0) is 0 Å². The highest BCUT2D eigenvalue weighted by Crippen LogP contribution is 2.32. The van der Waals surface area contributed by atoms with Crippen molar-refractivity contribution in [3.63, 3.8) is 0 Å². The van der Waals surface area contributed by atoms with Gasteiger partial charge in [0.2, 0.25) is 0 Å². The Morgan fingerprint density at radius 3 is 2.35 bits per heavy atom. The minimum absolute atomic E-state index is 0.0322. The normalized spacial score (nSPS) is 10.8. The molecule has 1 aromatic carbocycles. The number of aliphatic hydroxyl groups excluding tert-OH is 2. The van der Waals surface area contributed by atoms with Crippen molar-refractivity contribution >= 4 is 11.4 Å². The largest absolute Gasteiger partial charge is 0.469 e. The van der Waals surface area contributed by atoms with Crippen LogP contribution >= 0.6 is 0 Å². The lowest BCUT2D eigenvalue weighted by Crippen LogP contribution is -2.29. The Hall–Kier alpha value is -1.98. The van der Waals surface area contributed by atoms with Gasteiger partial charge in [-0.15, -0.1) is 0 Å². The number of rotatable bonds is 6. The molecule has 0 aliphatic rings. The molecular formula is C15H20N2O3. The van der Waals surface area contributed by atoms with Crippen molar-refractivity contribution in [2.75, 3.05) is 36.9 Å². The number of nitrogens with zero attached hydrogens (tertiary/aromatic N) is 1. The molecule has 2 rings (SSSR count). The van der Waals surface area contributed by atoms with Crippen LogP contribution in [-0.4, -0.2) is 36.5 Å². The van der Waals surface area contributed by atoms with Gasteiger partial charge >= 0.3 is 0 Å². The average Bonchev–Trinajstić information content (AvgIpc) is 2.85. The summed E-state index contributed by atoms with van der Waals surface area (Å²) in [5.41, 5.74) is 9.48. The van der Waals surface area contributed by atoms with E-state index in [0.717, 1.165) is 22.6 Å². The molecule has 0 aliphatic carbocycles. The van der Waals surface area contributed by atoms with Crippen molar-refractivity contribution in [3.8, 4) is 11.1 Å². The van der Waals surface area contributed by atoms with E-state index in [4.69, 9.17) is 20.4 Å². The minimum atomic E-state index is 0.0322. The number of aryl methyl sites for hydroxylation is 1. The summed E-state index contributed by atoms with van der Waals surface area (Å²) in [4.78, 5) is 1.92. The van der Waals surface area contributed by atoms with Crippen molar-refractivity contribution in [3.05, 3.63) is 36.3 Å². The maximum atomic E-state index is 9.11. The van der Waals surface area contributed by atoms with Gasteiger partial charge in [-0.05, 0) is 31.2 Å². The summed E-state index contributed by atoms with van der Waals surface area (Å²) >= 11 is 0. The Bertz CT molecular complexity index is 560. The number of furan rings is 1. The summed E-state index contributed by atoms with van der Waals surface area (Å²) < 4.78 is 5.32. The van der Waals surface area contributed by atoms with Crippen molar-refractivity contribution in [2.45, 2.75) is 6.92 Å². The summed E-state index contributed by atoms with van der Waals surface area (Å²) in [6.45, 7) is 2.89. The van der Waals surface area contributed by atoms with Crippen LogP contribution in [0, 0.1) is 6.92 Å². The lowest BCUT2D eigenvalue weighted by atomic mass is 10.0. The molecule has 0 saturated heterocycles. The summed E-state index contributed by atoms with van der Waals surface area (Å²) in [6, 6.07) is 7.56. The first-order valence-electron chi connectivity index (χ1n) is 6.58. The molecule has 0 aliphatic heterocycles. The summed E-state index contributed by atoms with van der Waals surface area (Å²) in [5, 5.41) is 18.2. The van der Waals surface area contributed by atoms with Crippen LogP contribution < -0.4 is 10.6 Å². The van der Waals surface area contributed by atoms with Gasteiger partial charge in [0.05, 0.1) is 19.5 Å². The summed E-state index contributed by atoms with van der Waals surface area (Å²) in [6.07, 6.45) is 1.63. The smallest absolute Gasteiger partial charge is 0.108 e. The van der Waals surface area contributed by atoms with Crippen LogP contribution in [0.15, 0.2) is 34.9 Å². The van der Waals surface area contributed by atoms with Crippen molar-refractivity contribution in [1.29, 1.82) is 0 Å². The topological polar surface area (TPSA) is 82.9 Å². The van der Waals surface area contributed by atoms with E-state index in [1.165, 1.54) is 0 Å². The lowest BCUT2D eigenvalue weighted by molar-refractivity contribution is 0.281. The third-order valence-corrected chi connectivity index (χ3v) is 3.29. The first kappa shape index (κ1) is 14.4. The van der Waals surface area contributed by atoms with Gasteiger partial charge in [0.15, 0.2) is 0 Å². The van der Waals surface area contributed by atoms with Crippen LogP contribution in [0.5, 0.6) is 0 Å². The standard InChI is InChI=1S/C15H20N2O3/c1-11-13(4-9-20-11)14-10-12(2-3-15(14)16)17(5-7-18)6-8-19/h2-4,9-10,18-19H,5-8,16H2,1H3. The predicted molar refractivity (Wildman–Crippen MR) is 79.7 cm³/mol. The highest BCUT2D eigenvalue weighted by Gasteiger charge is 2.12. The lowest BCUT2D eigenvalue weighted by Gasteiger charge is -2.24. The Labute approximate surface area is 118 Å². The van der Waals surface area contributed by atoms with Crippen LogP contribution in [0.2, 0.25) is 0 Å². The third kappa shape index (κ3) is 2.95. The Morgan fingerprint density at radius 2 is 1.80 bits per heavy atom. The van der Waals surface area contributed by atoms with Gasteiger partial charge < -0.3 is 25.3 Å². The van der Waals surface area contributed by atoms with Gasteiger partial charge in [-0.3, -0.25) is 0 Å². The van der Waals surface area contributed by atoms with Gasteiger partial charge in [-0.25, -0.2) is 0 Å². The molecule has 0 spiro atoms. The maximum Gasteiger partial charge on any atom is 0.108 e. The molecule has 1 heterocycles. The number of benzene rings is 1. The molecule has 5 nitrogen and oxygen atoms in total.